The van der Waals surface area contributed by atoms with Gasteiger partial charge in [0, 0.05) is 4.88 Å². The normalized spacial score (nSPS) is 11.4. The second-order valence-electron chi connectivity index (χ2n) is 5.46. The summed E-state index contributed by atoms with van der Waals surface area (Å²) >= 11 is 1.32. The van der Waals surface area contributed by atoms with Crippen LogP contribution in [0, 0.1) is 17.5 Å². The third kappa shape index (κ3) is 3.79. The molecule has 2 aromatic carbocycles. The third-order valence-corrected chi connectivity index (χ3v) is 6.46. The van der Waals surface area contributed by atoms with Crippen molar-refractivity contribution >= 4 is 27.0 Å². The number of ether oxygens (including phenoxy) is 1. The average Bonchev–Trinajstić information content (AvgIpc) is 3.17. The SMILES string of the molecule is COc1ccc(N(Cc2cccs2)S(=O)(=O)c2ccc(F)c(F)c2F)cc1. The molecule has 3 aromatic rings. The Morgan fingerprint density at radius 1 is 1.00 bits per heavy atom. The Labute approximate surface area is 158 Å². The Morgan fingerprint density at radius 2 is 1.70 bits per heavy atom. The number of rotatable bonds is 6. The molecule has 0 saturated heterocycles. The largest absolute Gasteiger partial charge is 0.497 e. The quantitative estimate of drug-likeness (QED) is 0.556. The highest BCUT2D eigenvalue weighted by atomic mass is 32.2. The molecule has 4 nitrogen and oxygen atoms in total. The molecule has 0 bridgehead atoms. The molecule has 0 radical (unpaired) electrons. The molecule has 0 unspecified atom stereocenters. The lowest BCUT2D eigenvalue weighted by Gasteiger charge is -2.24. The van der Waals surface area contributed by atoms with Crippen molar-refractivity contribution in [3.05, 3.63) is 76.2 Å². The second kappa shape index (κ2) is 7.61. The summed E-state index contributed by atoms with van der Waals surface area (Å²) in [6.07, 6.45) is 0. The molecular weight excluding hydrogens is 399 g/mol. The maximum absolute atomic E-state index is 14.2. The summed E-state index contributed by atoms with van der Waals surface area (Å²) in [5.41, 5.74) is 0.230. The first-order valence-electron chi connectivity index (χ1n) is 7.67. The van der Waals surface area contributed by atoms with E-state index in [0.717, 1.165) is 4.31 Å². The summed E-state index contributed by atoms with van der Waals surface area (Å²) in [7, 11) is -3.04. The van der Waals surface area contributed by atoms with Crippen LogP contribution < -0.4 is 9.04 Å². The highest BCUT2D eigenvalue weighted by Crippen LogP contribution is 2.30. The maximum atomic E-state index is 14.2. The van der Waals surface area contributed by atoms with Crippen molar-refractivity contribution in [2.24, 2.45) is 0 Å². The van der Waals surface area contributed by atoms with Crippen LogP contribution in [-0.2, 0) is 16.6 Å². The number of thiophene rings is 1. The lowest BCUT2D eigenvalue weighted by atomic mass is 10.3. The van der Waals surface area contributed by atoms with Gasteiger partial charge in [-0.1, -0.05) is 6.07 Å². The molecule has 3 rings (SSSR count). The molecular formula is C18H14F3NO3S2. The number of sulfonamides is 1. The van der Waals surface area contributed by atoms with Gasteiger partial charge in [-0.15, -0.1) is 11.3 Å². The molecule has 0 aliphatic rings. The number of nitrogens with zero attached hydrogens (tertiary/aromatic N) is 1. The van der Waals surface area contributed by atoms with Crippen LogP contribution in [0.25, 0.3) is 0 Å². The van der Waals surface area contributed by atoms with E-state index >= 15 is 0 Å². The summed E-state index contributed by atoms with van der Waals surface area (Å²) in [4.78, 5) is -0.244. The molecule has 0 aliphatic heterocycles. The molecule has 0 N–H and O–H groups in total. The first kappa shape index (κ1) is 19.2. The topological polar surface area (TPSA) is 46.6 Å². The van der Waals surface area contributed by atoms with Gasteiger partial charge in [-0.05, 0) is 47.8 Å². The first-order valence-corrected chi connectivity index (χ1v) is 9.99. The molecule has 27 heavy (non-hydrogen) atoms. The lowest BCUT2D eigenvalue weighted by molar-refractivity contribution is 0.415. The van der Waals surface area contributed by atoms with Crippen molar-refractivity contribution in [1.82, 2.24) is 0 Å². The molecule has 0 amide bonds. The zero-order valence-electron chi connectivity index (χ0n) is 14.0. The highest BCUT2D eigenvalue weighted by molar-refractivity contribution is 7.92. The van der Waals surface area contributed by atoms with Crippen LogP contribution in [0.5, 0.6) is 5.75 Å². The predicted molar refractivity (Wildman–Crippen MR) is 97.0 cm³/mol. The zero-order valence-corrected chi connectivity index (χ0v) is 15.7. The summed E-state index contributed by atoms with van der Waals surface area (Å²) in [5, 5.41) is 1.77. The van der Waals surface area contributed by atoms with Crippen molar-refractivity contribution in [2.75, 3.05) is 11.4 Å². The van der Waals surface area contributed by atoms with E-state index in [2.05, 4.69) is 0 Å². The lowest BCUT2D eigenvalue weighted by Crippen LogP contribution is -2.31. The van der Waals surface area contributed by atoms with Crippen molar-refractivity contribution in [2.45, 2.75) is 11.4 Å². The fraction of sp³-hybridized carbons (Fsp3) is 0.111. The average molecular weight is 413 g/mol. The minimum atomic E-state index is -4.50. The monoisotopic (exact) mass is 413 g/mol. The van der Waals surface area contributed by atoms with E-state index in [-0.39, 0.29) is 12.2 Å². The summed E-state index contributed by atoms with van der Waals surface area (Å²) in [6, 6.07) is 10.8. The molecule has 142 valence electrons. The zero-order chi connectivity index (χ0) is 19.6. The second-order valence-corrected chi connectivity index (χ2v) is 8.33. The fourth-order valence-electron chi connectivity index (χ4n) is 2.43. The van der Waals surface area contributed by atoms with Crippen LogP contribution in [0.3, 0.4) is 0 Å². The van der Waals surface area contributed by atoms with E-state index < -0.39 is 32.4 Å². The number of hydrogen-bond donors (Lipinski definition) is 0. The van der Waals surface area contributed by atoms with Gasteiger partial charge in [0.2, 0.25) is 0 Å². The van der Waals surface area contributed by atoms with Crippen LogP contribution in [0.15, 0.2) is 58.8 Å². The Morgan fingerprint density at radius 3 is 2.30 bits per heavy atom. The summed E-state index contributed by atoms with van der Waals surface area (Å²) < 4.78 is 73.2. The van der Waals surface area contributed by atoms with E-state index in [1.807, 2.05) is 0 Å². The van der Waals surface area contributed by atoms with Gasteiger partial charge in [0.15, 0.2) is 17.5 Å². The Hall–Kier alpha value is -2.52. The van der Waals surface area contributed by atoms with Gasteiger partial charge in [0.25, 0.3) is 10.0 Å². The van der Waals surface area contributed by atoms with Crippen molar-refractivity contribution in [1.29, 1.82) is 0 Å². The number of methoxy groups -OCH3 is 1. The van der Waals surface area contributed by atoms with Crippen LogP contribution in [0.2, 0.25) is 0 Å². The third-order valence-electron chi connectivity index (χ3n) is 3.81. The molecule has 1 heterocycles. The van der Waals surface area contributed by atoms with Crippen LogP contribution in [0.4, 0.5) is 18.9 Å². The molecule has 0 saturated carbocycles. The number of anilines is 1. The van der Waals surface area contributed by atoms with Gasteiger partial charge in [-0.3, -0.25) is 4.31 Å². The summed E-state index contributed by atoms with van der Waals surface area (Å²) in [6.45, 7) is -0.0925. The Bertz CT molecular complexity index is 1040. The smallest absolute Gasteiger partial charge is 0.267 e. The number of hydrogen-bond acceptors (Lipinski definition) is 4. The molecule has 0 spiro atoms. The minimum Gasteiger partial charge on any atom is -0.497 e. The number of halogens is 3. The fourth-order valence-corrected chi connectivity index (χ4v) is 4.71. The van der Waals surface area contributed by atoms with E-state index in [9.17, 15) is 21.6 Å². The Kier molecular flexibility index (Phi) is 5.43. The van der Waals surface area contributed by atoms with Crippen molar-refractivity contribution in [3.8, 4) is 5.75 Å². The van der Waals surface area contributed by atoms with E-state index in [1.165, 1.54) is 30.6 Å². The van der Waals surface area contributed by atoms with Gasteiger partial charge in [-0.2, -0.15) is 0 Å². The van der Waals surface area contributed by atoms with Crippen LogP contribution >= 0.6 is 11.3 Å². The molecule has 0 fully saturated rings. The van der Waals surface area contributed by atoms with Gasteiger partial charge in [-0.25, -0.2) is 21.6 Å². The highest BCUT2D eigenvalue weighted by Gasteiger charge is 2.31. The molecule has 9 heteroatoms. The molecule has 0 atom stereocenters. The van der Waals surface area contributed by atoms with Crippen molar-refractivity contribution in [3.63, 3.8) is 0 Å². The van der Waals surface area contributed by atoms with E-state index in [4.69, 9.17) is 4.74 Å². The van der Waals surface area contributed by atoms with Gasteiger partial charge in [0.05, 0.1) is 19.3 Å². The summed E-state index contributed by atoms with van der Waals surface area (Å²) in [5.74, 6) is -4.53. The number of benzene rings is 2. The standard InChI is InChI=1S/C18H14F3NO3S2/c1-25-13-6-4-12(5-7-13)22(11-14-3-2-10-26-14)27(23,24)16-9-8-15(19)17(20)18(16)21/h2-10H,11H2,1H3. The van der Waals surface area contributed by atoms with Gasteiger partial charge >= 0.3 is 0 Å². The van der Waals surface area contributed by atoms with E-state index in [1.54, 1.807) is 29.6 Å². The van der Waals surface area contributed by atoms with Gasteiger partial charge in [0.1, 0.15) is 10.6 Å². The van der Waals surface area contributed by atoms with Gasteiger partial charge < -0.3 is 4.74 Å². The van der Waals surface area contributed by atoms with Crippen LogP contribution in [-0.4, -0.2) is 15.5 Å². The molecule has 0 aliphatic carbocycles. The van der Waals surface area contributed by atoms with Crippen LogP contribution in [0.1, 0.15) is 4.88 Å². The molecule has 1 aromatic heterocycles. The Balaban J connectivity index is 2.12. The first-order chi connectivity index (χ1) is 12.8. The van der Waals surface area contributed by atoms with Crippen molar-refractivity contribution < 1.29 is 26.3 Å². The predicted octanol–water partition coefficient (Wildman–Crippen LogP) is 4.57. The minimum absolute atomic E-state index is 0.0925. The maximum Gasteiger partial charge on any atom is 0.267 e. The van der Waals surface area contributed by atoms with E-state index in [0.29, 0.717) is 22.8 Å².